The molecule has 38 heavy (non-hydrogen) atoms. The van der Waals surface area contributed by atoms with Crippen molar-refractivity contribution in [1.82, 2.24) is 0 Å². The summed E-state index contributed by atoms with van der Waals surface area (Å²) in [6.45, 7) is 1.33. The van der Waals surface area contributed by atoms with E-state index in [1.807, 2.05) is 6.92 Å². The topological polar surface area (TPSA) is 113 Å². The van der Waals surface area contributed by atoms with E-state index in [-0.39, 0.29) is 16.3 Å². The molecule has 0 aromatic heterocycles. The second-order valence-corrected chi connectivity index (χ2v) is 12.1. The Morgan fingerprint density at radius 3 is 2.13 bits per heavy atom. The Morgan fingerprint density at radius 1 is 0.947 bits per heavy atom. The van der Waals surface area contributed by atoms with Crippen LogP contribution in [0.25, 0.3) is 0 Å². The zero-order chi connectivity index (χ0) is 28.3. The molecule has 0 saturated carbocycles. The zero-order valence-electron chi connectivity index (χ0n) is 20.1. The Kier molecular flexibility index (Phi) is 8.64. The Labute approximate surface area is 223 Å². The lowest BCUT2D eigenvalue weighted by Gasteiger charge is -2.24. The van der Waals surface area contributed by atoms with E-state index in [9.17, 15) is 34.8 Å². The van der Waals surface area contributed by atoms with Crippen LogP contribution in [0.5, 0.6) is 0 Å². The van der Waals surface area contributed by atoms with Gasteiger partial charge in [0.25, 0.3) is 10.0 Å². The van der Waals surface area contributed by atoms with Gasteiger partial charge in [-0.2, -0.15) is 13.2 Å². The number of aryl methyl sites for hydroxylation is 1. The summed E-state index contributed by atoms with van der Waals surface area (Å²) in [7, 11) is -8.08. The Balaban J connectivity index is 1.75. The van der Waals surface area contributed by atoms with Crippen molar-refractivity contribution in [2.75, 3.05) is 27.1 Å². The molecule has 0 aliphatic carbocycles. The molecule has 2 N–H and O–H groups in total. The molecule has 0 spiro atoms. The predicted molar refractivity (Wildman–Crippen MR) is 140 cm³/mol. The van der Waals surface area contributed by atoms with Gasteiger partial charge in [0.15, 0.2) is 0 Å². The van der Waals surface area contributed by atoms with Crippen LogP contribution in [0.4, 0.5) is 30.2 Å². The molecule has 0 atom stereocenters. The molecule has 0 unspecified atom stereocenters. The summed E-state index contributed by atoms with van der Waals surface area (Å²) in [5.74, 6) is -0.670. The molecule has 3 aromatic rings. The molecule has 14 heteroatoms. The normalized spacial score (nSPS) is 12.2. The molecule has 0 fully saturated rings. The number of amides is 1. The number of alkyl halides is 3. The number of hydrogen-bond acceptors (Lipinski definition) is 5. The van der Waals surface area contributed by atoms with Crippen LogP contribution in [-0.2, 0) is 37.4 Å². The minimum Gasteiger partial charge on any atom is -0.325 e. The second kappa shape index (κ2) is 11.2. The lowest BCUT2D eigenvalue weighted by Crippen LogP contribution is -2.38. The van der Waals surface area contributed by atoms with E-state index in [4.69, 9.17) is 11.6 Å². The predicted octanol–water partition coefficient (Wildman–Crippen LogP) is 5.13. The number of carbonyl (C=O) groups is 1. The molecule has 8 nitrogen and oxygen atoms in total. The number of sulfonamides is 2. The first-order chi connectivity index (χ1) is 17.6. The van der Waals surface area contributed by atoms with Crippen LogP contribution >= 0.6 is 11.6 Å². The van der Waals surface area contributed by atoms with Crippen LogP contribution in [-0.4, -0.2) is 35.5 Å². The zero-order valence-corrected chi connectivity index (χ0v) is 22.5. The largest absolute Gasteiger partial charge is 0.417 e. The van der Waals surface area contributed by atoms with Crippen LogP contribution in [0.15, 0.2) is 71.6 Å². The maximum atomic E-state index is 13.1. The molecule has 0 radical (unpaired) electrons. The van der Waals surface area contributed by atoms with Gasteiger partial charge >= 0.3 is 6.18 Å². The smallest absolute Gasteiger partial charge is 0.325 e. The fourth-order valence-electron chi connectivity index (χ4n) is 3.50. The first-order valence-electron chi connectivity index (χ1n) is 11.0. The van der Waals surface area contributed by atoms with Crippen molar-refractivity contribution in [3.05, 3.63) is 82.9 Å². The third kappa shape index (κ3) is 7.17. The van der Waals surface area contributed by atoms with Gasteiger partial charge in [-0.1, -0.05) is 36.7 Å². The SMILES string of the molecule is CCc1ccccc1N(CC(=O)Nc1ccc(S(=O)(=O)Nc2ccc(Cl)c(C(F)(F)F)c2)cc1)S(C)(=O)=O. The standard InChI is InChI=1S/C24H23ClF3N3O5S2/c1-3-16-6-4-5-7-22(16)31(37(2,33)34)15-23(32)29-17-8-11-19(12-9-17)38(35,36)30-18-10-13-21(25)20(14-18)24(26,27)28/h4-14,30H,3,15H2,1-2H3,(H,29,32). The van der Waals surface area contributed by atoms with Gasteiger partial charge in [-0.3, -0.25) is 13.8 Å². The van der Waals surface area contributed by atoms with Gasteiger partial charge in [0.05, 0.1) is 27.4 Å². The number of benzene rings is 3. The molecule has 0 heterocycles. The maximum Gasteiger partial charge on any atom is 0.417 e. The minimum absolute atomic E-state index is 0.178. The molecular weight excluding hydrogens is 567 g/mol. The molecule has 204 valence electrons. The Hall–Kier alpha value is -3.29. The van der Waals surface area contributed by atoms with Crippen molar-refractivity contribution < 1.29 is 34.8 Å². The fraction of sp³-hybridized carbons (Fsp3) is 0.208. The number of nitrogens with zero attached hydrogens (tertiary/aromatic N) is 1. The molecule has 0 saturated heterocycles. The number of rotatable bonds is 9. The number of carbonyl (C=O) groups excluding carboxylic acids is 1. The van der Waals surface area contributed by atoms with E-state index >= 15 is 0 Å². The summed E-state index contributed by atoms with van der Waals surface area (Å²) in [5, 5.41) is 1.93. The van der Waals surface area contributed by atoms with Gasteiger partial charge in [0.1, 0.15) is 6.54 Å². The highest BCUT2D eigenvalue weighted by molar-refractivity contribution is 7.92. The van der Waals surface area contributed by atoms with Gasteiger partial charge in [-0.15, -0.1) is 0 Å². The third-order valence-corrected chi connectivity index (χ3v) is 8.15. The van der Waals surface area contributed by atoms with Crippen molar-refractivity contribution in [2.45, 2.75) is 24.4 Å². The third-order valence-electron chi connectivity index (χ3n) is 5.30. The van der Waals surface area contributed by atoms with E-state index < -0.39 is 49.3 Å². The summed E-state index contributed by atoms with van der Waals surface area (Å²) < 4.78 is 92.4. The van der Waals surface area contributed by atoms with E-state index in [0.29, 0.717) is 18.2 Å². The minimum atomic E-state index is -4.77. The fourth-order valence-corrected chi connectivity index (χ4v) is 5.66. The maximum absolute atomic E-state index is 13.1. The van der Waals surface area contributed by atoms with Crippen molar-refractivity contribution in [2.24, 2.45) is 0 Å². The second-order valence-electron chi connectivity index (χ2n) is 8.12. The number of halogens is 4. The molecule has 0 aliphatic rings. The average molecular weight is 590 g/mol. The Morgan fingerprint density at radius 2 is 1.55 bits per heavy atom. The first kappa shape index (κ1) is 29.3. The first-order valence-corrected chi connectivity index (χ1v) is 14.7. The van der Waals surface area contributed by atoms with Crippen molar-refractivity contribution >= 4 is 54.6 Å². The number of hydrogen-bond donors (Lipinski definition) is 2. The van der Waals surface area contributed by atoms with Crippen molar-refractivity contribution in [3.63, 3.8) is 0 Å². The van der Waals surface area contributed by atoms with E-state index in [1.165, 1.54) is 12.1 Å². The lowest BCUT2D eigenvalue weighted by molar-refractivity contribution is -0.137. The molecule has 0 aliphatic heterocycles. The van der Waals surface area contributed by atoms with E-state index in [1.54, 1.807) is 24.3 Å². The van der Waals surface area contributed by atoms with Gasteiger partial charge in [0, 0.05) is 11.4 Å². The molecule has 3 aromatic carbocycles. The summed E-state index contributed by atoms with van der Waals surface area (Å²) in [4.78, 5) is 12.4. The quantitative estimate of drug-likeness (QED) is 0.359. The molecule has 0 bridgehead atoms. The van der Waals surface area contributed by atoms with Gasteiger partial charge in [0.2, 0.25) is 15.9 Å². The van der Waals surface area contributed by atoms with E-state index in [2.05, 4.69) is 10.0 Å². The van der Waals surface area contributed by atoms with Gasteiger partial charge < -0.3 is 5.32 Å². The van der Waals surface area contributed by atoms with Crippen LogP contribution in [0.2, 0.25) is 5.02 Å². The van der Waals surface area contributed by atoms with Crippen LogP contribution in [0.1, 0.15) is 18.1 Å². The highest BCUT2D eigenvalue weighted by Crippen LogP contribution is 2.36. The summed E-state index contributed by atoms with van der Waals surface area (Å²) in [6, 6.07) is 14.2. The average Bonchev–Trinajstić information content (AvgIpc) is 2.82. The van der Waals surface area contributed by atoms with Crippen molar-refractivity contribution in [3.8, 4) is 0 Å². The number of nitrogens with one attached hydrogen (secondary N) is 2. The highest BCUT2D eigenvalue weighted by Gasteiger charge is 2.33. The van der Waals surface area contributed by atoms with E-state index in [0.717, 1.165) is 40.4 Å². The summed E-state index contributed by atoms with van der Waals surface area (Å²) in [5.41, 5.74) is -0.252. The van der Waals surface area contributed by atoms with Crippen LogP contribution in [0.3, 0.4) is 0 Å². The Bertz CT molecular complexity index is 1550. The molecule has 3 rings (SSSR count). The van der Waals surface area contributed by atoms with Crippen molar-refractivity contribution in [1.29, 1.82) is 0 Å². The van der Waals surface area contributed by atoms with Gasteiger partial charge in [-0.05, 0) is 60.5 Å². The summed E-state index contributed by atoms with van der Waals surface area (Å²) >= 11 is 5.57. The number of para-hydroxylation sites is 1. The monoisotopic (exact) mass is 589 g/mol. The molecule has 1 amide bonds. The van der Waals surface area contributed by atoms with Crippen LogP contribution in [0, 0.1) is 0 Å². The highest BCUT2D eigenvalue weighted by atomic mass is 35.5. The molecular formula is C24H23ClF3N3O5S2. The lowest BCUT2D eigenvalue weighted by atomic mass is 10.1. The van der Waals surface area contributed by atoms with Gasteiger partial charge in [-0.25, -0.2) is 16.8 Å². The summed E-state index contributed by atoms with van der Waals surface area (Å²) in [6.07, 6.45) is -3.25. The van der Waals surface area contributed by atoms with Crippen LogP contribution < -0.4 is 14.3 Å². The number of anilines is 3.